The quantitative estimate of drug-likeness (QED) is 0.150. The molecule has 2 aromatic heterocycles. The Balaban J connectivity index is 1.16. The van der Waals surface area contributed by atoms with Gasteiger partial charge in [-0.15, -0.1) is 0 Å². The first kappa shape index (κ1) is 45.8. The first-order valence-corrected chi connectivity index (χ1v) is 27.7. The van der Waals surface area contributed by atoms with Gasteiger partial charge < -0.3 is 13.9 Å². The van der Waals surface area contributed by atoms with Crippen LogP contribution in [0.4, 0.5) is 0 Å². The minimum atomic E-state index is -0.635. The number of nitrogens with zero attached hydrogens (tertiary/aromatic N) is 2. The molecule has 5 aliphatic heterocycles. The smallest absolute Gasteiger partial charge is 0.256 e. The fourth-order valence-corrected chi connectivity index (χ4v) is 14.0. The number of hydrogen-bond acceptors (Lipinski definition) is 1. The first-order valence-electron chi connectivity index (χ1n) is 27.7. The molecule has 9 aromatic carbocycles. The number of hydrogen-bond donors (Lipinski definition) is 0. The molecule has 4 heteroatoms. The number of aromatic nitrogens is 2. The largest absolute Gasteiger partial charge is 0.458 e. The van der Waals surface area contributed by atoms with Crippen molar-refractivity contribution in [1.29, 1.82) is 0 Å². The Morgan fingerprint density at radius 3 is 1.67 bits per heavy atom. The normalized spacial score (nSPS) is 16.1. The molecule has 0 aliphatic carbocycles. The van der Waals surface area contributed by atoms with Crippen molar-refractivity contribution < 1.29 is 4.74 Å². The lowest BCUT2D eigenvalue weighted by Gasteiger charge is -2.45. The molecule has 0 radical (unpaired) electrons. The van der Waals surface area contributed by atoms with E-state index in [0.29, 0.717) is 0 Å². The summed E-state index contributed by atoms with van der Waals surface area (Å²) in [5.41, 5.74) is 27.0. The van der Waals surface area contributed by atoms with Crippen molar-refractivity contribution >= 4 is 66.7 Å². The van der Waals surface area contributed by atoms with Crippen LogP contribution < -0.4 is 21.1 Å². The van der Waals surface area contributed by atoms with E-state index in [-0.39, 0.29) is 28.4 Å². The second-order valence-corrected chi connectivity index (χ2v) is 27.2. The number of rotatable bonds is 1. The highest BCUT2D eigenvalue weighted by Crippen LogP contribution is 2.57. The molecule has 0 spiro atoms. The average Bonchev–Trinajstić information content (AvgIpc) is 4.01. The molecule has 372 valence electrons. The Morgan fingerprint density at radius 2 is 1.00 bits per heavy atom. The van der Waals surface area contributed by atoms with Crippen LogP contribution in [0.15, 0.2) is 158 Å². The third kappa shape index (κ3) is 6.07. The van der Waals surface area contributed by atoms with E-state index in [1.54, 1.807) is 0 Å². The summed E-state index contributed by atoms with van der Waals surface area (Å²) in [6.07, 6.45) is 0. The predicted octanol–water partition coefficient (Wildman–Crippen LogP) is 17.0. The minimum Gasteiger partial charge on any atom is -0.458 e. The van der Waals surface area contributed by atoms with Gasteiger partial charge in [0.2, 0.25) is 0 Å². The van der Waals surface area contributed by atoms with E-state index in [4.69, 9.17) is 4.74 Å². The van der Waals surface area contributed by atoms with E-state index in [1.165, 1.54) is 138 Å². The van der Waals surface area contributed by atoms with E-state index in [1.807, 2.05) is 0 Å². The lowest BCUT2D eigenvalue weighted by molar-refractivity contribution is 0.485. The topological polar surface area (TPSA) is 19.1 Å². The third-order valence-corrected chi connectivity index (χ3v) is 18.3. The van der Waals surface area contributed by atoms with Crippen LogP contribution in [0.25, 0.3) is 88.4 Å². The first-order chi connectivity index (χ1) is 36.1. The Hall–Kier alpha value is -7.56. The molecule has 1 atom stereocenters. The van der Waals surface area contributed by atoms with Crippen LogP contribution in [0, 0.1) is 0 Å². The maximum atomic E-state index is 7.55. The van der Waals surface area contributed by atoms with E-state index in [9.17, 15) is 0 Å². The molecule has 76 heavy (non-hydrogen) atoms. The zero-order valence-electron chi connectivity index (χ0n) is 46.4. The Bertz CT molecular complexity index is 4400. The molecule has 0 fully saturated rings. The van der Waals surface area contributed by atoms with Crippen LogP contribution in [-0.2, 0) is 27.1 Å². The third-order valence-electron chi connectivity index (χ3n) is 18.3. The van der Waals surface area contributed by atoms with Gasteiger partial charge >= 0.3 is 0 Å². The second kappa shape index (κ2) is 14.7. The molecule has 11 aromatic rings. The van der Waals surface area contributed by atoms with Gasteiger partial charge in [-0.2, -0.15) is 0 Å². The Morgan fingerprint density at radius 1 is 0.421 bits per heavy atom. The average molecular weight is 985 g/mol. The molecule has 1 unspecified atom stereocenters. The number of fused-ring (bicyclic) bond motifs is 8. The van der Waals surface area contributed by atoms with Gasteiger partial charge in [-0.1, -0.05) is 192 Å². The van der Waals surface area contributed by atoms with Gasteiger partial charge in [0.1, 0.15) is 11.5 Å². The van der Waals surface area contributed by atoms with Gasteiger partial charge in [0, 0.05) is 49.7 Å². The molecule has 16 rings (SSSR count). The molecule has 4 bridgehead atoms. The van der Waals surface area contributed by atoms with Gasteiger partial charge in [0.05, 0.1) is 27.9 Å². The van der Waals surface area contributed by atoms with Crippen LogP contribution >= 0.6 is 0 Å². The highest BCUT2D eigenvalue weighted by atomic mass is 16.5. The van der Waals surface area contributed by atoms with Gasteiger partial charge in [0.15, 0.2) is 0 Å². The molecule has 5 aliphatic rings. The van der Waals surface area contributed by atoms with Crippen molar-refractivity contribution in [2.24, 2.45) is 0 Å². The van der Waals surface area contributed by atoms with E-state index in [0.717, 1.165) is 17.2 Å². The van der Waals surface area contributed by atoms with Gasteiger partial charge in [-0.3, -0.25) is 0 Å². The van der Waals surface area contributed by atoms with Crippen molar-refractivity contribution in [1.82, 2.24) is 9.13 Å². The lowest BCUT2D eigenvalue weighted by Crippen LogP contribution is -2.60. The molecular formula is C72H65BN2O. The van der Waals surface area contributed by atoms with Crippen LogP contribution in [-0.4, -0.2) is 15.8 Å². The minimum absolute atomic E-state index is 0.0533. The number of benzene rings is 9. The molecule has 0 amide bonds. The van der Waals surface area contributed by atoms with Crippen LogP contribution in [0.1, 0.15) is 129 Å². The zero-order valence-corrected chi connectivity index (χ0v) is 46.4. The Kier molecular flexibility index (Phi) is 8.84. The predicted molar refractivity (Wildman–Crippen MR) is 323 cm³/mol. The number of para-hydroxylation sites is 2. The summed E-state index contributed by atoms with van der Waals surface area (Å²) in [5.74, 6) is 1.87. The van der Waals surface area contributed by atoms with Crippen molar-refractivity contribution in [3.63, 3.8) is 0 Å². The van der Waals surface area contributed by atoms with Crippen LogP contribution in [0.5, 0.6) is 11.5 Å². The molecule has 7 heterocycles. The second-order valence-electron chi connectivity index (χ2n) is 27.2. The summed E-state index contributed by atoms with van der Waals surface area (Å²) >= 11 is 0. The molecule has 0 saturated heterocycles. The summed E-state index contributed by atoms with van der Waals surface area (Å²) in [6.45, 7) is 30.7. The van der Waals surface area contributed by atoms with E-state index < -0.39 is 5.41 Å². The fourth-order valence-electron chi connectivity index (χ4n) is 14.0. The summed E-state index contributed by atoms with van der Waals surface area (Å²) in [7, 11) is 0. The SMILES string of the molecule is CC(C)(C)c1ccc(-c2cc3cc(c2)-c2cccc4c5ccccc5n(c24)-c2cc4c5c6c2C(C)(c2ccc-3cc2)c2cc(C(C)(C)C)cc3c7cc(C(C)(C)C)cc(c7n-6c23)B5c2cc(C(C)(C)C)ccc2O4)cc1. The monoisotopic (exact) mass is 985 g/mol. The molecule has 3 nitrogen and oxygen atoms in total. The maximum absolute atomic E-state index is 7.55. The summed E-state index contributed by atoms with van der Waals surface area (Å²) in [5, 5.41) is 5.14. The summed E-state index contributed by atoms with van der Waals surface area (Å²) in [6, 6.07) is 62.1. The van der Waals surface area contributed by atoms with E-state index >= 15 is 0 Å². The highest BCUT2D eigenvalue weighted by molar-refractivity contribution is 6.99. The van der Waals surface area contributed by atoms with Crippen molar-refractivity contribution in [2.75, 3.05) is 0 Å². The lowest BCUT2D eigenvalue weighted by atomic mass is 9.33. The zero-order chi connectivity index (χ0) is 52.5. The van der Waals surface area contributed by atoms with Crippen molar-refractivity contribution in [2.45, 2.75) is 117 Å². The Labute approximate surface area is 448 Å². The molecule has 0 N–H and O–H groups in total. The summed E-state index contributed by atoms with van der Waals surface area (Å²) < 4.78 is 12.9. The van der Waals surface area contributed by atoms with Gasteiger partial charge in [-0.05, 0) is 149 Å². The van der Waals surface area contributed by atoms with Crippen molar-refractivity contribution in [3.8, 4) is 56.3 Å². The molecule has 0 saturated carbocycles. The standard InChI is InChI=1S/C72H65BN2O/c1-68(2,3)45-25-21-40(22-26-45)42-31-43-33-44(32-42)50-18-16-19-52-51-17-14-15-20-58(51)74(64(50)52)59-39-61-63-67-62(59)72(13,46-27-23-41(43)24-28-46)55-36-48(70(7,8)9)34-53-54-35-49(71(10,11)12)38-57(66(54)75(67)65(53)55)73(63)56-37-47(69(4,5)6)29-30-60(56)76-61/h14-39H,1-13H3. The maximum Gasteiger partial charge on any atom is 0.256 e. The van der Waals surface area contributed by atoms with Crippen LogP contribution in [0.3, 0.4) is 0 Å². The van der Waals surface area contributed by atoms with E-state index in [2.05, 4.69) is 257 Å². The van der Waals surface area contributed by atoms with Gasteiger partial charge in [-0.25, -0.2) is 0 Å². The van der Waals surface area contributed by atoms with Crippen molar-refractivity contribution in [3.05, 3.63) is 197 Å². The highest BCUT2D eigenvalue weighted by Gasteiger charge is 2.51. The summed E-state index contributed by atoms with van der Waals surface area (Å²) in [4.78, 5) is 0. The molecular weight excluding hydrogens is 920 g/mol. The number of ether oxygens (including phenoxy) is 1. The van der Waals surface area contributed by atoms with Gasteiger partial charge in [0.25, 0.3) is 6.71 Å². The van der Waals surface area contributed by atoms with Crippen LogP contribution in [0.2, 0.25) is 0 Å². The fraction of sp³-hybridized carbons (Fsp3) is 0.250.